The molecule has 0 saturated carbocycles. The minimum Gasteiger partial charge on any atom is -0.481 e. The Hall–Kier alpha value is -1.06. The molecule has 0 aromatic carbocycles. The molecule has 88 valence electrons. The molecular weight excluding hydrogens is 196 g/mol. The summed E-state index contributed by atoms with van der Waals surface area (Å²) < 4.78 is 4.96. The number of esters is 1. The van der Waals surface area contributed by atoms with E-state index >= 15 is 0 Å². The maximum absolute atomic E-state index is 11.3. The third kappa shape index (κ3) is 7.97. The molecule has 1 atom stereocenters. The number of carbonyl (C=O) groups is 2. The maximum atomic E-state index is 11.3. The molecule has 0 bridgehead atoms. The number of hydrogen-bond acceptors (Lipinski definition) is 3. The fourth-order valence-electron chi connectivity index (χ4n) is 1.23. The molecule has 0 saturated heterocycles. The van der Waals surface area contributed by atoms with E-state index in [0.29, 0.717) is 13.0 Å². The minimum atomic E-state index is -0.858. The second kappa shape index (κ2) is 8.26. The lowest BCUT2D eigenvalue weighted by Crippen LogP contribution is -2.14. The maximum Gasteiger partial charge on any atom is 0.306 e. The highest BCUT2D eigenvalue weighted by molar-refractivity contribution is 5.72. The number of carbonyl (C=O) groups excluding carboxylic acids is 1. The highest BCUT2D eigenvalue weighted by Gasteiger charge is 2.16. The van der Waals surface area contributed by atoms with E-state index in [2.05, 4.69) is 0 Å². The SMILES string of the molecule is CCCCOC(=O)CC(CC)CC(=O)O. The van der Waals surface area contributed by atoms with Crippen LogP contribution in [0.1, 0.15) is 46.0 Å². The van der Waals surface area contributed by atoms with Crippen molar-refractivity contribution in [2.45, 2.75) is 46.0 Å². The summed E-state index contributed by atoms with van der Waals surface area (Å²) in [4.78, 5) is 21.7. The number of hydrogen-bond donors (Lipinski definition) is 1. The first kappa shape index (κ1) is 13.9. The number of carboxylic acid groups (broad SMARTS) is 1. The van der Waals surface area contributed by atoms with Gasteiger partial charge in [0.05, 0.1) is 6.61 Å². The molecule has 0 spiro atoms. The third-order valence-electron chi connectivity index (χ3n) is 2.26. The first-order chi connectivity index (χ1) is 7.10. The molecule has 0 rings (SSSR count). The molecule has 1 N–H and O–H groups in total. The highest BCUT2D eigenvalue weighted by atomic mass is 16.5. The summed E-state index contributed by atoms with van der Waals surface area (Å²) in [5.41, 5.74) is 0. The van der Waals surface area contributed by atoms with E-state index < -0.39 is 5.97 Å². The number of rotatable bonds is 8. The second-order valence-electron chi connectivity index (χ2n) is 3.65. The number of ether oxygens (including phenoxy) is 1. The van der Waals surface area contributed by atoms with Crippen LogP contribution in [0.15, 0.2) is 0 Å². The van der Waals surface area contributed by atoms with Gasteiger partial charge in [0.25, 0.3) is 0 Å². The van der Waals surface area contributed by atoms with Crippen molar-refractivity contribution in [3.05, 3.63) is 0 Å². The van der Waals surface area contributed by atoms with Crippen LogP contribution in [0.2, 0.25) is 0 Å². The van der Waals surface area contributed by atoms with E-state index in [1.165, 1.54) is 0 Å². The summed E-state index contributed by atoms with van der Waals surface area (Å²) in [5.74, 6) is -1.24. The summed E-state index contributed by atoms with van der Waals surface area (Å²) in [6.07, 6.45) is 2.79. The summed E-state index contributed by atoms with van der Waals surface area (Å²) in [6, 6.07) is 0. The molecular formula is C11H20O4. The molecule has 0 radical (unpaired) electrons. The van der Waals surface area contributed by atoms with E-state index in [4.69, 9.17) is 9.84 Å². The first-order valence-electron chi connectivity index (χ1n) is 5.47. The molecule has 0 aliphatic rings. The molecule has 15 heavy (non-hydrogen) atoms. The van der Waals surface area contributed by atoms with Gasteiger partial charge in [-0.3, -0.25) is 9.59 Å². The average Bonchev–Trinajstić information content (AvgIpc) is 2.16. The molecule has 0 aliphatic carbocycles. The number of unbranched alkanes of at least 4 members (excludes halogenated alkanes) is 1. The Morgan fingerprint density at radius 3 is 2.40 bits per heavy atom. The van der Waals surface area contributed by atoms with Gasteiger partial charge in [0.1, 0.15) is 0 Å². The Morgan fingerprint density at radius 1 is 1.27 bits per heavy atom. The van der Waals surface area contributed by atoms with Gasteiger partial charge in [0.15, 0.2) is 0 Å². The lowest BCUT2D eigenvalue weighted by molar-refractivity contribution is -0.145. The molecule has 0 aromatic rings. The Balaban J connectivity index is 3.75. The van der Waals surface area contributed by atoms with Crippen molar-refractivity contribution in [3.63, 3.8) is 0 Å². The van der Waals surface area contributed by atoms with Crippen LogP contribution in [-0.4, -0.2) is 23.7 Å². The molecule has 0 aliphatic heterocycles. The number of carboxylic acids is 1. The smallest absolute Gasteiger partial charge is 0.306 e. The molecule has 0 fully saturated rings. The van der Waals surface area contributed by atoms with Gasteiger partial charge in [-0.25, -0.2) is 0 Å². The van der Waals surface area contributed by atoms with Crippen LogP contribution >= 0.6 is 0 Å². The van der Waals surface area contributed by atoms with Gasteiger partial charge < -0.3 is 9.84 Å². The van der Waals surface area contributed by atoms with Crippen LogP contribution in [-0.2, 0) is 14.3 Å². The zero-order valence-corrected chi connectivity index (χ0v) is 9.49. The Labute approximate surface area is 90.6 Å². The van der Waals surface area contributed by atoms with Crippen LogP contribution in [0.5, 0.6) is 0 Å². The Morgan fingerprint density at radius 2 is 1.93 bits per heavy atom. The Kier molecular flexibility index (Phi) is 7.68. The predicted molar refractivity (Wildman–Crippen MR) is 56.5 cm³/mol. The van der Waals surface area contributed by atoms with Crippen molar-refractivity contribution in [1.29, 1.82) is 0 Å². The zero-order valence-electron chi connectivity index (χ0n) is 9.49. The summed E-state index contributed by atoms with van der Waals surface area (Å²) in [5, 5.41) is 8.59. The van der Waals surface area contributed by atoms with Crippen molar-refractivity contribution in [1.82, 2.24) is 0 Å². The van der Waals surface area contributed by atoms with Gasteiger partial charge in [-0.1, -0.05) is 26.7 Å². The van der Waals surface area contributed by atoms with E-state index in [1.807, 2.05) is 13.8 Å². The van der Waals surface area contributed by atoms with Crippen molar-refractivity contribution in [3.8, 4) is 0 Å². The topological polar surface area (TPSA) is 63.6 Å². The molecule has 1 unspecified atom stereocenters. The standard InChI is InChI=1S/C11H20O4/c1-3-5-6-15-11(14)8-9(4-2)7-10(12)13/h9H,3-8H2,1-2H3,(H,12,13). The van der Waals surface area contributed by atoms with Gasteiger partial charge in [-0.05, 0) is 12.3 Å². The van der Waals surface area contributed by atoms with E-state index in [1.54, 1.807) is 0 Å². The summed E-state index contributed by atoms with van der Waals surface area (Å²) >= 11 is 0. The molecule has 4 heteroatoms. The minimum absolute atomic E-state index is 0.0410. The van der Waals surface area contributed by atoms with Gasteiger partial charge in [-0.15, -0.1) is 0 Å². The van der Waals surface area contributed by atoms with Gasteiger partial charge in [0.2, 0.25) is 0 Å². The van der Waals surface area contributed by atoms with Crippen molar-refractivity contribution in [2.24, 2.45) is 5.92 Å². The van der Waals surface area contributed by atoms with Gasteiger partial charge >= 0.3 is 11.9 Å². The van der Waals surface area contributed by atoms with Crippen molar-refractivity contribution >= 4 is 11.9 Å². The monoisotopic (exact) mass is 216 g/mol. The van der Waals surface area contributed by atoms with E-state index in [9.17, 15) is 9.59 Å². The Bertz CT molecular complexity index is 201. The fraction of sp³-hybridized carbons (Fsp3) is 0.818. The quantitative estimate of drug-likeness (QED) is 0.499. The lowest BCUT2D eigenvalue weighted by atomic mass is 9.99. The summed E-state index contributed by atoms with van der Waals surface area (Å²) in [6.45, 7) is 4.35. The van der Waals surface area contributed by atoms with Crippen LogP contribution in [0, 0.1) is 5.92 Å². The van der Waals surface area contributed by atoms with E-state index in [-0.39, 0.29) is 24.7 Å². The highest BCUT2D eigenvalue weighted by Crippen LogP contribution is 2.13. The third-order valence-corrected chi connectivity index (χ3v) is 2.26. The van der Waals surface area contributed by atoms with Gasteiger partial charge in [-0.2, -0.15) is 0 Å². The lowest BCUT2D eigenvalue weighted by Gasteiger charge is -2.11. The van der Waals surface area contributed by atoms with Crippen LogP contribution in [0.4, 0.5) is 0 Å². The predicted octanol–water partition coefficient (Wildman–Crippen LogP) is 2.22. The largest absolute Gasteiger partial charge is 0.481 e. The second-order valence-corrected chi connectivity index (χ2v) is 3.65. The van der Waals surface area contributed by atoms with Crippen LogP contribution < -0.4 is 0 Å². The molecule has 4 nitrogen and oxygen atoms in total. The van der Waals surface area contributed by atoms with Crippen molar-refractivity contribution < 1.29 is 19.4 Å². The van der Waals surface area contributed by atoms with E-state index in [0.717, 1.165) is 12.8 Å². The molecule has 0 heterocycles. The van der Waals surface area contributed by atoms with Gasteiger partial charge in [0, 0.05) is 12.8 Å². The first-order valence-corrected chi connectivity index (χ1v) is 5.47. The number of aliphatic carboxylic acids is 1. The van der Waals surface area contributed by atoms with Crippen molar-refractivity contribution in [2.75, 3.05) is 6.61 Å². The molecule has 0 aromatic heterocycles. The summed E-state index contributed by atoms with van der Waals surface area (Å²) in [7, 11) is 0. The normalized spacial score (nSPS) is 12.1. The molecule has 0 amide bonds. The van der Waals surface area contributed by atoms with Crippen LogP contribution in [0.3, 0.4) is 0 Å². The van der Waals surface area contributed by atoms with Crippen LogP contribution in [0.25, 0.3) is 0 Å². The fourth-order valence-corrected chi connectivity index (χ4v) is 1.23. The zero-order chi connectivity index (χ0) is 11.7. The average molecular weight is 216 g/mol.